The van der Waals surface area contributed by atoms with Gasteiger partial charge in [-0.15, -0.1) is 0 Å². The first-order valence-electron chi connectivity index (χ1n) is 15.9. The van der Waals surface area contributed by atoms with Crippen molar-refractivity contribution in [2.75, 3.05) is 13.7 Å². The highest BCUT2D eigenvalue weighted by Crippen LogP contribution is 2.37. The molecule has 0 radical (unpaired) electrons. The van der Waals surface area contributed by atoms with Crippen LogP contribution < -0.4 is 10.4 Å². The summed E-state index contributed by atoms with van der Waals surface area (Å²) in [5.41, 5.74) is 2.84. The molecule has 0 unspecified atom stereocenters. The summed E-state index contributed by atoms with van der Waals surface area (Å²) in [6.07, 6.45) is 4.19. The summed E-state index contributed by atoms with van der Waals surface area (Å²) >= 11 is 0. The number of rotatable bonds is 12. The minimum Gasteiger partial charge on any atom is -0.406 e. The van der Waals surface area contributed by atoms with E-state index in [1.165, 1.54) is 14.7 Å². The third-order valence-electron chi connectivity index (χ3n) is 8.85. The Morgan fingerprint density at radius 2 is 1.48 bits per heavy atom. The van der Waals surface area contributed by atoms with E-state index in [1.54, 1.807) is 31.6 Å². The number of hydrogen-bond acceptors (Lipinski definition) is 5. The van der Waals surface area contributed by atoms with Crippen molar-refractivity contribution < 1.29 is 12.8 Å². The van der Waals surface area contributed by atoms with Gasteiger partial charge in [0.25, 0.3) is 8.32 Å². The summed E-state index contributed by atoms with van der Waals surface area (Å²) < 4.78 is 39.1. The number of aromatic nitrogens is 3. The number of likely N-dealkylation sites (N-methyl/N-ethyl adjacent to an activating group) is 1. The highest BCUT2D eigenvalue weighted by molar-refractivity contribution is 7.89. The van der Waals surface area contributed by atoms with Crippen LogP contribution in [-0.4, -0.2) is 55.3 Å². The molecule has 0 saturated heterocycles. The van der Waals surface area contributed by atoms with Crippen molar-refractivity contribution in [3.8, 4) is 0 Å². The molecular weight excluding hydrogens is 609 g/mol. The zero-order valence-electron chi connectivity index (χ0n) is 28.0. The van der Waals surface area contributed by atoms with Gasteiger partial charge in [0.15, 0.2) is 0 Å². The number of hydrogen-bond donors (Lipinski definition) is 0. The van der Waals surface area contributed by atoms with Gasteiger partial charge in [-0.2, -0.15) is 4.31 Å². The number of fused-ring (bicyclic) bond motifs is 1. The monoisotopic (exact) mass is 654 g/mol. The van der Waals surface area contributed by atoms with Crippen LogP contribution in [-0.2, 0) is 21.0 Å². The fourth-order valence-electron chi connectivity index (χ4n) is 6.46. The van der Waals surface area contributed by atoms with Gasteiger partial charge in [0.2, 0.25) is 10.0 Å². The normalized spacial score (nSPS) is 13.5. The van der Waals surface area contributed by atoms with E-state index in [4.69, 9.17) is 4.43 Å². The smallest absolute Gasteiger partial charge is 0.261 e. The van der Waals surface area contributed by atoms with Crippen molar-refractivity contribution in [1.82, 2.24) is 18.8 Å². The van der Waals surface area contributed by atoms with Crippen LogP contribution in [0.3, 0.4) is 0 Å². The van der Waals surface area contributed by atoms with Crippen LogP contribution in [0.4, 0.5) is 0 Å². The standard InChI is InChI=1S/C37H46N4O3SSi/c1-28(2)24-31(27-44-46(37(4,5)6,33-14-10-8-11-15-33)34-16-12-9-13-17-34)40(7)45(42,43)32-20-18-30(19-21-32)26-41-29(3)39-35-25-38-23-22-36(35)41/h8-23,25,28,31H,24,26-27H2,1-7H3/t31-/m0/s1. The molecule has 2 heterocycles. The molecule has 0 aliphatic carbocycles. The van der Waals surface area contributed by atoms with Crippen LogP contribution in [0.15, 0.2) is 108 Å². The van der Waals surface area contributed by atoms with Crippen LogP contribution in [0.1, 0.15) is 52.4 Å². The van der Waals surface area contributed by atoms with Gasteiger partial charge in [-0.3, -0.25) is 4.98 Å². The fraction of sp³-hybridized carbons (Fsp3) is 0.351. The number of aryl methyl sites for hydroxylation is 1. The fourth-order valence-corrected chi connectivity index (χ4v) is 12.4. The first-order valence-corrected chi connectivity index (χ1v) is 19.3. The highest BCUT2D eigenvalue weighted by Gasteiger charge is 2.50. The number of nitrogens with zero attached hydrogens (tertiary/aromatic N) is 4. The number of imidazole rings is 1. The quantitative estimate of drug-likeness (QED) is 0.146. The Kier molecular flexibility index (Phi) is 9.98. The first kappa shape index (κ1) is 33.7. The Morgan fingerprint density at radius 1 is 0.891 bits per heavy atom. The average molecular weight is 655 g/mol. The molecule has 5 aromatic rings. The summed E-state index contributed by atoms with van der Waals surface area (Å²) in [6.45, 7) is 13.8. The summed E-state index contributed by atoms with van der Waals surface area (Å²) in [4.78, 5) is 9.06. The molecule has 0 fully saturated rings. The van der Waals surface area contributed by atoms with E-state index < -0.39 is 18.3 Å². The zero-order valence-corrected chi connectivity index (χ0v) is 29.8. The van der Waals surface area contributed by atoms with Crippen molar-refractivity contribution in [2.24, 2.45) is 5.92 Å². The maximum atomic E-state index is 14.1. The van der Waals surface area contributed by atoms with Crippen LogP contribution >= 0.6 is 0 Å². The van der Waals surface area contributed by atoms with E-state index in [9.17, 15) is 8.42 Å². The van der Waals surface area contributed by atoms with Gasteiger partial charge in [0.05, 0.1) is 23.2 Å². The van der Waals surface area contributed by atoms with Crippen molar-refractivity contribution in [3.63, 3.8) is 0 Å². The Hall–Kier alpha value is -3.63. The minimum atomic E-state index is -3.80. The van der Waals surface area contributed by atoms with Gasteiger partial charge in [0, 0.05) is 25.8 Å². The highest BCUT2D eigenvalue weighted by atomic mass is 32.2. The molecule has 242 valence electrons. The van der Waals surface area contributed by atoms with Gasteiger partial charge >= 0.3 is 0 Å². The molecule has 3 aromatic carbocycles. The number of sulfonamides is 1. The zero-order chi connectivity index (χ0) is 33.1. The molecule has 2 aromatic heterocycles. The van der Waals surface area contributed by atoms with Gasteiger partial charge < -0.3 is 8.99 Å². The molecule has 9 heteroatoms. The maximum Gasteiger partial charge on any atom is 0.261 e. The minimum absolute atomic E-state index is 0.208. The second kappa shape index (κ2) is 13.6. The third-order valence-corrected chi connectivity index (χ3v) is 15.8. The van der Waals surface area contributed by atoms with Crippen molar-refractivity contribution >= 4 is 39.7 Å². The predicted molar refractivity (Wildman–Crippen MR) is 190 cm³/mol. The Labute approximate surface area is 275 Å². The molecule has 1 atom stereocenters. The van der Waals surface area contributed by atoms with E-state index >= 15 is 0 Å². The second-order valence-corrected chi connectivity index (χ2v) is 19.8. The molecule has 5 rings (SSSR count). The van der Waals surface area contributed by atoms with E-state index in [-0.39, 0.29) is 21.9 Å². The molecule has 0 amide bonds. The number of pyridine rings is 1. The molecule has 0 bridgehead atoms. The molecule has 46 heavy (non-hydrogen) atoms. The van der Waals surface area contributed by atoms with E-state index in [2.05, 4.69) is 97.7 Å². The summed E-state index contributed by atoms with van der Waals surface area (Å²) in [6, 6.07) is 29.8. The molecular formula is C37H46N4O3SSi. The van der Waals surface area contributed by atoms with Crippen LogP contribution in [0.2, 0.25) is 5.04 Å². The summed E-state index contributed by atoms with van der Waals surface area (Å²) in [7, 11) is -4.95. The Bertz CT molecular complexity index is 1810. The Morgan fingerprint density at radius 3 is 2.02 bits per heavy atom. The lowest BCUT2D eigenvalue weighted by atomic mass is 10.1. The van der Waals surface area contributed by atoms with E-state index in [0.717, 1.165) is 22.4 Å². The first-order chi connectivity index (χ1) is 21.8. The van der Waals surface area contributed by atoms with Gasteiger partial charge in [0.1, 0.15) is 11.3 Å². The molecule has 7 nitrogen and oxygen atoms in total. The SMILES string of the molecule is Cc1nc2cnccc2n1Cc1ccc(S(=O)(=O)N(C)[C@H](CO[Si](c2ccccc2)(c2ccccc2)C(C)(C)C)CC(C)C)cc1. The van der Waals surface area contributed by atoms with Crippen molar-refractivity contribution in [2.45, 2.75) is 70.5 Å². The average Bonchev–Trinajstić information content (AvgIpc) is 3.35. The molecule has 0 N–H and O–H groups in total. The molecule has 0 spiro atoms. The summed E-state index contributed by atoms with van der Waals surface area (Å²) in [5, 5.41) is 2.14. The van der Waals surface area contributed by atoms with Crippen LogP contribution in [0.5, 0.6) is 0 Å². The largest absolute Gasteiger partial charge is 0.406 e. The molecule has 0 saturated carbocycles. The van der Waals surface area contributed by atoms with Gasteiger partial charge in [-0.05, 0) is 58.4 Å². The topological polar surface area (TPSA) is 77.3 Å². The predicted octanol–water partition coefficient (Wildman–Crippen LogP) is 6.40. The lowest BCUT2D eigenvalue weighted by Crippen LogP contribution is -2.67. The van der Waals surface area contributed by atoms with Gasteiger partial charge in [-0.1, -0.05) is 107 Å². The van der Waals surface area contributed by atoms with E-state index in [1.807, 2.05) is 37.3 Å². The Balaban J connectivity index is 1.43. The van der Waals surface area contributed by atoms with E-state index in [0.29, 0.717) is 19.6 Å². The summed E-state index contributed by atoms with van der Waals surface area (Å²) in [5.74, 6) is 1.16. The van der Waals surface area contributed by atoms with Gasteiger partial charge in [-0.25, -0.2) is 13.4 Å². The van der Waals surface area contributed by atoms with Crippen molar-refractivity contribution in [1.29, 1.82) is 0 Å². The van der Waals surface area contributed by atoms with Crippen LogP contribution in [0, 0.1) is 12.8 Å². The molecule has 0 aliphatic heterocycles. The third kappa shape index (κ3) is 6.74. The van der Waals surface area contributed by atoms with Crippen molar-refractivity contribution in [3.05, 3.63) is 115 Å². The lowest BCUT2D eigenvalue weighted by Gasteiger charge is -2.44. The number of benzene rings is 3. The lowest BCUT2D eigenvalue weighted by molar-refractivity contribution is 0.191. The molecule has 0 aliphatic rings. The van der Waals surface area contributed by atoms with Crippen LogP contribution in [0.25, 0.3) is 11.0 Å². The maximum absolute atomic E-state index is 14.1. The second-order valence-electron chi connectivity index (χ2n) is 13.5.